The zero-order valence-electron chi connectivity index (χ0n) is 20.7. The van der Waals surface area contributed by atoms with Crippen molar-refractivity contribution in [3.8, 4) is 0 Å². The maximum absolute atomic E-state index is 3.97. The van der Waals surface area contributed by atoms with Gasteiger partial charge in [0, 0.05) is 5.41 Å². The van der Waals surface area contributed by atoms with Crippen LogP contribution in [0.5, 0.6) is 0 Å². The van der Waals surface area contributed by atoms with E-state index in [-0.39, 0.29) is 10.8 Å². The molecule has 0 saturated carbocycles. The molecule has 0 amide bonds. The Kier molecular flexibility index (Phi) is 9.00. The van der Waals surface area contributed by atoms with Gasteiger partial charge >= 0.3 is 0 Å². The standard InChI is InChI=1S/C26H37B.C2H6/c1-10-15-19-20-17-23(26(8,13-4)14-5)24(27(9)16-11-2)18-22(20)25(6,7)21(19)12-3;1-2/h10-12,15-18H,1,13-14H2,2-9H3;1-2H3/b16-11-,19-15-,21-12+;. The monoisotopic (exact) mass is 390 g/mol. The first-order valence-electron chi connectivity index (χ1n) is 11.5. The molecule has 0 N–H and O–H groups in total. The first-order chi connectivity index (χ1) is 13.7. The van der Waals surface area contributed by atoms with Gasteiger partial charge in [0.2, 0.25) is 0 Å². The number of rotatable bonds is 6. The Hall–Kier alpha value is -1.76. The van der Waals surface area contributed by atoms with Gasteiger partial charge in [-0.25, -0.2) is 0 Å². The minimum absolute atomic E-state index is 0.0245. The van der Waals surface area contributed by atoms with Crippen LogP contribution in [0.25, 0.3) is 5.57 Å². The van der Waals surface area contributed by atoms with E-state index in [1.165, 1.54) is 33.3 Å². The summed E-state index contributed by atoms with van der Waals surface area (Å²) in [6, 6.07) is 5.01. The van der Waals surface area contributed by atoms with E-state index < -0.39 is 0 Å². The second-order valence-corrected chi connectivity index (χ2v) is 8.71. The molecule has 0 aliphatic heterocycles. The van der Waals surface area contributed by atoms with Crippen molar-refractivity contribution in [2.24, 2.45) is 0 Å². The summed E-state index contributed by atoms with van der Waals surface area (Å²) >= 11 is 0. The van der Waals surface area contributed by atoms with Crippen molar-refractivity contribution in [2.75, 3.05) is 0 Å². The van der Waals surface area contributed by atoms with E-state index in [1.807, 2.05) is 19.9 Å². The molecule has 0 fully saturated rings. The second kappa shape index (κ2) is 10.3. The normalized spacial score (nSPS) is 18.0. The van der Waals surface area contributed by atoms with Gasteiger partial charge in [-0.3, -0.25) is 0 Å². The van der Waals surface area contributed by atoms with Crippen molar-refractivity contribution in [1.29, 1.82) is 0 Å². The Balaban J connectivity index is 0.00000204. The summed E-state index contributed by atoms with van der Waals surface area (Å²) in [5, 5.41) is 0. The van der Waals surface area contributed by atoms with Gasteiger partial charge < -0.3 is 0 Å². The molecule has 1 aliphatic rings. The SMILES string of the molecule is C=C/C=C1\C(=C/C)C(C)(C)c2cc(B(C)/C=C\C)c(C(C)(CC)CC)cc21.CC. The van der Waals surface area contributed by atoms with Crippen LogP contribution in [0, 0.1) is 0 Å². The maximum Gasteiger partial charge on any atom is 0.197 e. The Morgan fingerprint density at radius 1 is 1.10 bits per heavy atom. The molecule has 0 nitrogen and oxygen atoms in total. The highest BCUT2D eigenvalue weighted by molar-refractivity contribution is 6.77. The third-order valence-electron chi connectivity index (χ3n) is 6.87. The molecule has 0 radical (unpaired) electrons. The molecule has 1 aliphatic carbocycles. The van der Waals surface area contributed by atoms with Crippen molar-refractivity contribution in [1.82, 2.24) is 0 Å². The van der Waals surface area contributed by atoms with Crippen molar-refractivity contribution >= 4 is 17.7 Å². The lowest BCUT2D eigenvalue weighted by atomic mass is 9.44. The molecule has 0 heterocycles. The maximum atomic E-state index is 3.97. The van der Waals surface area contributed by atoms with Gasteiger partial charge in [-0.15, -0.1) is 5.98 Å². The van der Waals surface area contributed by atoms with Gasteiger partial charge in [0.1, 0.15) is 0 Å². The van der Waals surface area contributed by atoms with Crippen LogP contribution in [0.3, 0.4) is 0 Å². The van der Waals surface area contributed by atoms with Gasteiger partial charge in [0.05, 0.1) is 0 Å². The van der Waals surface area contributed by atoms with Crippen LogP contribution in [0.2, 0.25) is 6.82 Å². The smallest absolute Gasteiger partial charge is 0.114 e. The summed E-state index contributed by atoms with van der Waals surface area (Å²) in [5.74, 6) is 2.33. The van der Waals surface area contributed by atoms with E-state index in [1.54, 1.807) is 0 Å². The van der Waals surface area contributed by atoms with Crippen molar-refractivity contribution in [3.05, 3.63) is 71.3 Å². The topological polar surface area (TPSA) is 0 Å². The van der Waals surface area contributed by atoms with Gasteiger partial charge in [-0.2, -0.15) is 0 Å². The largest absolute Gasteiger partial charge is 0.197 e. The predicted octanol–water partition coefficient (Wildman–Crippen LogP) is 8.04. The summed E-state index contributed by atoms with van der Waals surface area (Å²) in [4.78, 5) is 0. The first kappa shape index (κ1) is 25.3. The Morgan fingerprint density at radius 3 is 2.14 bits per heavy atom. The molecule has 0 saturated heterocycles. The average molecular weight is 390 g/mol. The molecule has 1 aromatic rings. The summed E-state index contributed by atoms with van der Waals surface area (Å²) < 4.78 is 0. The molecule has 29 heavy (non-hydrogen) atoms. The second-order valence-electron chi connectivity index (χ2n) is 8.71. The van der Waals surface area contributed by atoms with Gasteiger partial charge in [-0.1, -0.05) is 104 Å². The molecule has 0 spiro atoms. The lowest BCUT2D eigenvalue weighted by Gasteiger charge is -2.32. The van der Waals surface area contributed by atoms with Crippen LogP contribution in [0.1, 0.15) is 91.8 Å². The highest BCUT2D eigenvalue weighted by Gasteiger charge is 2.40. The number of hydrogen-bond acceptors (Lipinski definition) is 0. The highest BCUT2D eigenvalue weighted by atomic mass is 14.4. The molecular weight excluding hydrogens is 347 g/mol. The van der Waals surface area contributed by atoms with Crippen LogP contribution < -0.4 is 5.46 Å². The number of hydrogen-bond donors (Lipinski definition) is 0. The predicted molar refractivity (Wildman–Crippen MR) is 137 cm³/mol. The Labute approximate surface area is 182 Å². The molecule has 0 bridgehead atoms. The van der Waals surface area contributed by atoms with Crippen LogP contribution in [0.15, 0.2) is 54.6 Å². The van der Waals surface area contributed by atoms with Crippen molar-refractivity contribution in [2.45, 2.75) is 92.8 Å². The molecule has 0 aromatic heterocycles. The van der Waals surface area contributed by atoms with Gasteiger partial charge in [0.25, 0.3) is 0 Å². The summed E-state index contributed by atoms with van der Waals surface area (Å²) in [6.45, 7) is 26.8. The van der Waals surface area contributed by atoms with Crippen molar-refractivity contribution < 1.29 is 0 Å². The van der Waals surface area contributed by atoms with E-state index >= 15 is 0 Å². The Morgan fingerprint density at radius 2 is 1.69 bits per heavy atom. The quantitative estimate of drug-likeness (QED) is 0.431. The number of benzene rings is 1. The molecule has 158 valence electrons. The number of allylic oxidation sites excluding steroid dienone is 6. The van der Waals surface area contributed by atoms with E-state index in [2.05, 4.69) is 98.2 Å². The molecule has 0 atom stereocenters. The molecule has 1 aromatic carbocycles. The zero-order valence-corrected chi connectivity index (χ0v) is 20.7. The van der Waals surface area contributed by atoms with E-state index in [4.69, 9.17) is 0 Å². The first-order valence-corrected chi connectivity index (χ1v) is 11.5. The van der Waals surface area contributed by atoms with Gasteiger partial charge in [-0.05, 0) is 59.9 Å². The highest BCUT2D eigenvalue weighted by Crippen LogP contribution is 2.50. The van der Waals surface area contributed by atoms with Crippen LogP contribution in [-0.4, -0.2) is 6.71 Å². The summed E-state index contributed by atoms with van der Waals surface area (Å²) in [7, 11) is 0. The Bertz CT molecular complexity index is 798. The molecule has 1 heteroatoms. The third kappa shape index (κ3) is 4.55. The van der Waals surface area contributed by atoms with Gasteiger partial charge in [0.15, 0.2) is 6.71 Å². The lowest BCUT2D eigenvalue weighted by molar-refractivity contribution is 0.441. The fourth-order valence-electron chi connectivity index (χ4n) is 4.72. The lowest BCUT2D eigenvalue weighted by Crippen LogP contribution is -2.37. The third-order valence-corrected chi connectivity index (χ3v) is 6.87. The van der Waals surface area contributed by atoms with E-state index in [9.17, 15) is 0 Å². The van der Waals surface area contributed by atoms with Crippen LogP contribution in [0.4, 0.5) is 0 Å². The average Bonchev–Trinajstić information content (AvgIpc) is 2.94. The zero-order chi connectivity index (χ0) is 22.4. The fourth-order valence-corrected chi connectivity index (χ4v) is 4.72. The molecule has 2 rings (SSSR count). The summed E-state index contributed by atoms with van der Waals surface area (Å²) in [6.07, 6.45) is 10.9. The van der Waals surface area contributed by atoms with E-state index in [0.717, 1.165) is 12.8 Å². The van der Waals surface area contributed by atoms with Crippen molar-refractivity contribution in [3.63, 3.8) is 0 Å². The molecule has 0 unspecified atom stereocenters. The van der Waals surface area contributed by atoms with E-state index in [0.29, 0.717) is 6.71 Å². The fraction of sp³-hybridized carbons (Fsp3) is 0.500. The summed E-state index contributed by atoms with van der Waals surface area (Å²) in [5.41, 5.74) is 8.82. The number of fused-ring (bicyclic) bond motifs is 1. The minimum atomic E-state index is 0.0245. The molecular formula is C28H43B. The van der Waals surface area contributed by atoms with Crippen LogP contribution in [-0.2, 0) is 10.8 Å². The minimum Gasteiger partial charge on any atom is -0.114 e. The van der Waals surface area contributed by atoms with Crippen LogP contribution >= 0.6 is 0 Å².